The Kier molecular flexibility index (Phi) is 6.70. The Bertz CT molecular complexity index is 344. The van der Waals surface area contributed by atoms with Crippen LogP contribution < -0.4 is 10.6 Å². The zero-order chi connectivity index (χ0) is 12.7. The van der Waals surface area contributed by atoms with Crippen molar-refractivity contribution in [3.63, 3.8) is 0 Å². The van der Waals surface area contributed by atoms with E-state index in [1.54, 1.807) is 6.07 Å². The fourth-order valence-corrected chi connectivity index (χ4v) is 2.01. The van der Waals surface area contributed by atoms with Crippen molar-refractivity contribution in [1.82, 2.24) is 10.6 Å². The van der Waals surface area contributed by atoms with E-state index >= 15 is 0 Å². The first-order valence-corrected chi connectivity index (χ1v) is 6.80. The lowest BCUT2D eigenvalue weighted by atomic mass is 10.2. The quantitative estimate of drug-likeness (QED) is 0.757. The van der Waals surface area contributed by atoms with Crippen molar-refractivity contribution >= 4 is 15.9 Å². The lowest BCUT2D eigenvalue weighted by molar-refractivity contribution is 0.500. The van der Waals surface area contributed by atoms with Crippen molar-refractivity contribution in [2.45, 2.75) is 32.9 Å². The van der Waals surface area contributed by atoms with Gasteiger partial charge in [-0.3, -0.25) is 0 Å². The summed E-state index contributed by atoms with van der Waals surface area (Å²) in [6.45, 7) is 7.04. The molecule has 2 N–H and O–H groups in total. The molecule has 0 radical (unpaired) electrons. The van der Waals surface area contributed by atoms with Crippen LogP contribution in [0.2, 0.25) is 0 Å². The lowest BCUT2D eigenvalue weighted by Crippen LogP contribution is -2.36. The predicted molar refractivity (Wildman–Crippen MR) is 73.6 cm³/mol. The monoisotopic (exact) mass is 302 g/mol. The van der Waals surface area contributed by atoms with Gasteiger partial charge in [-0.25, -0.2) is 4.39 Å². The van der Waals surface area contributed by atoms with Gasteiger partial charge < -0.3 is 10.6 Å². The highest BCUT2D eigenvalue weighted by Crippen LogP contribution is 2.17. The van der Waals surface area contributed by atoms with E-state index < -0.39 is 0 Å². The first kappa shape index (κ1) is 14.6. The molecule has 1 rings (SSSR count). The van der Waals surface area contributed by atoms with Gasteiger partial charge in [-0.1, -0.05) is 28.9 Å². The van der Waals surface area contributed by atoms with Crippen LogP contribution in [0.1, 0.15) is 25.8 Å². The summed E-state index contributed by atoms with van der Waals surface area (Å²) in [5.74, 6) is -0.210. The summed E-state index contributed by atoms with van der Waals surface area (Å²) < 4.78 is 13.7. The van der Waals surface area contributed by atoms with E-state index in [1.165, 1.54) is 12.1 Å². The van der Waals surface area contributed by atoms with Gasteiger partial charge >= 0.3 is 0 Å². The van der Waals surface area contributed by atoms with Crippen molar-refractivity contribution < 1.29 is 4.39 Å². The van der Waals surface area contributed by atoms with Gasteiger partial charge in [0.05, 0.1) is 0 Å². The maximum atomic E-state index is 12.9. The van der Waals surface area contributed by atoms with E-state index in [0.29, 0.717) is 6.04 Å². The van der Waals surface area contributed by atoms with Crippen molar-refractivity contribution in [2.75, 3.05) is 13.1 Å². The molecule has 0 amide bonds. The van der Waals surface area contributed by atoms with Crippen LogP contribution >= 0.6 is 15.9 Å². The van der Waals surface area contributed by atoms with Crippen LogP contribution in [0, 0.1) is 5.82 Å². The highest BCUT2D eigenvalue weighted by molar-refractivity contribution is 9.10. The third-order valence-electron chi connectivity index (χ3n) is 2.53. The second-order valence-electron chi connectivity index (χ2n) is 4.22. The van der Waals surface area contributed by atoms with Gasteiger partial charge in [-0.05, 0) is 37.6 Å². The number of hydrogen-bond acceptors (Lipinski definition) is 2. The molecule has 0 spiro atoms. The van der Waals surface area contributed by atoms with Crippen molar-refractivity contribution in [1.29, 1.82) is 0 Å². The molecule has 0 fully saturated rings. The van der Waals surface area contributed by atoms with E-state index in [4.69, 9.17) is 0 Å². The largest absolute Gasteiger partial charge is 0.315 e. The minimum atomic E-state index is -0.210. The molecule has 0 aromatic heterocycles. The Morgan fingerprint density at radius 2 is 2.18 bits per heavy atom. The number of halogens is 2. The Morgan fingerprint density at radius 1 is 1.41 bits per heavy atom. The van der Waals surface area contributed by atoms with E-state index in [1.807, 2.05) is 0 Å². The van der Waals surface area contributed by atoms with Crippen LogP contribution in [-0.4, -0.2) is 19.1 Å². The van der Waals surface area contributed by atoms with Gasteiger partial charge in [0.2, 0.25) is 0 Å². The van der Waals surface area contributed by atoms with Crippen LogP contribution in [0.25, 0.3) is 0 Å². The van der Waals surface area contributed by atoms with Crippen molar-refractivity contribution in [2.24, 2.45) is 0 Å². The zero-order valence-electron chi connectivity index (χ0n) is 10.4. The Balaban J connectivity index is 2.34. The summed E-state index contributed by atoms with van der Waals surface area (Å²) in [6.07, 6.45) is 1.15. The van der Waals surface area contributed by atoms with Gasteiger partial charge in [0, 0.05) is 23.6 Å². The van der Waals surface area contributed by atoms with Crippen LogP contribution in [0.15, 0.2) is 22.7 Å². The molecule has 0 saturated heterocycles. The third kappa shape index (κ3) is 5.61. The summed E-state index contributed by atoms with van der Waals surface area (Å²) in [7, 11) is 0. The van der Waals surface area contributed by atoms with E-state index in [2.05, 4.69) is 40.4 Å². The molecule has 1 aromatic carbocycles. The molecule has 0 bridgehead atoms. The molecule has 0 aliphatic heterocycles. The molecule has 0 aliphatic carbocycles. The highest BCUT2D eigenvalue weighted by Gasteiger charge is 2.04. The maximum absolute atomic E-state index is 12.9. The van der Waals surface area contributed by atoms with E-state index in [-0.39, 0.29) is 5.82 Å². The molecule has 17 heavy (non-hydrogen) atoms. The van der Waals surface area contributed by atoms with Crippen LogP contribution in [0.4, 0.5) is 4.39 Å². The molecule has 1 atom stereocenters. The molecular formula is C13H20BrFN2. The number of nitrogens with one attached hydrogen (secondary N) is 2. The minimum Gasteiger partial charge on any atom is -0.315 e. The van der Waals surface area contributed by atoms with Gasteiger partial charge in [-0.2, -0.15) is 0 Å². The van der Waals surface area contributed by atoms with Crippen LogP contribution in [0.3, 0.4) is 0 Å². The van der Waals surface area contributed by atoms with Gasteiger partial charge in [0.1, 0.15) is 5.82 Å². The fourth-order valence-electron chi connectivity index (χ4n) is 1.52. The molecule has 0 saturated carbocycles. The molecule has 96 valence electrons. The topological polar surface area (TPSA) is 24.1 Å². The molecule has 0 heterocycles. The smallest absolute Gasteiger partial charge is 0.124 e. The summed E-state index contributed by atoms with van der Waals surface area (Å²) in [6, 6.07) is 5.19. The molecule has 0 aliphatic rings. The van der Waals surface area contributed by atoms with E-state index in [0.717, 1.165) is 36.1 Å². The molecule has 1 unspecified atom stereocenters. The number of rotatable bonds is 7. The average Bonchev–Trinajstić information content (AvgIpc) is 2.28. The molecule has 2 nitrogen and oxygen atoms in total. The number of hydrogen-bond donors (Lipinski definition) is 2. The molecule has 1 aromatic rings. The summed E-state index contributed by atoms with van der Waals surface area (Å²) in [4.78, 5) is 0. The predicted octanol–water partition coefficient (Wildman–Crippen LogP) is 3.07. The maximum Gasteiger partial charge on any atom is 0.124 e. The Morgan fingerprint density at radius 3 is 2.82 bits per heavy atom. The minimum absolute atomic E-state index is 0.210. The fraction of sp³-hybridized carbons (Fsp3) is 0.538. The lowest BCUT2D eigenvalue weighted by Gasteiger charge is -2.15. The summed E-state index contributed by atoms with van der Waals surface area (Å²) in [5.41, 5.74) is 1.08. The summed E-state index contributed by atoms with van der Waals surface area (Å²) in [5, 5.41) is 6.76. The average molecular weight is 303 g/mol. The SMILES string of the molecule is CCCNCC(C)NCc1ccc(F)cc1Br. The molecule has 4 heteroatoms. The number of benzene rings is 1. The first-order chi connectivity index (χ1) is 8.13. The van der Waals surface area contributed by atoms with Crippen molar-refractivity contribution in [3.8, 4) is 0 Å². The van der Waals surface area contributed by atoms with Crippen molar-refractivity contribution in [3.05, 3.63) is 34.1 Å². The molecular weight excluding hydrogens is 283 g/mol. The van der Waals surface area contributed by atoms with Gasteiger partial charge in [0.25, 0.3) is 0 Å². The van der Waals surface area contributed by atoms with Gasteiger partial charge in [-0.15, -0.1) is 0 Å². The second-order valence-corrected chi connectivity index (χ2v) is 5.08. The third-order valence-corrected chi connectivity index (χ3v) is 3.27. The normalized spacial score (nSPS) is 12.7. The standard InChI is InChI=1S/C13H20BrFN2/c1-3-6-16-8-10(2)17-9-11-4-5-12(15)7-13(11)14/h4-5,7,10,16-17H,3,6,8-9H2,1-2H3. The zero-order valence-corrected chi connectivity index (χ0v) is 12.0. The Labute approximate surface area is 111 Å². The van der Waals surface area contributed by atoms with Gasteiger partial charge in [0.15, 0.2) is 0 Å². The highest BCUT2D eigenvalue weighted by atomic mass is 79.9. The second kappa shape index (κ2) is 7.80. The first-order valence-electron chi connectivity index (χ1n) is 6.01. The van der Waals surface area contributed by atoms with Crippen LogP contribution in [0.5, 0.6) is 0 Å². The Hall–Kier alpha value is -0.450. The van der Waals surface area contributed by atoms with Crippen LogP contribution in [-0.2, 0) is 6.54 Å². The summed E-state index contributed by atoms with van der Waals surface area (Å²) >= 11 is 3.37. The van der Waals surface area contributed by atoms with E-state index in [9.17, 15) is 4.39 Å².